The van der Waals surface area contributed by atoms with Gasteiger partial charge in [-0.3, -0.25) is 4.90 Å². The summed E-state index contributed by atoms with van der Waals surface area (Å²) in [5.41, 5.74) is 0.265. The smallest absolute Gasteiger partial charge is 0.414 e. The highest BCUT2D eigenvalue weighted by Gasteiger charge is 2.34. The topological polar surface area (TPSA) is 67.6 Å². The van der Waals surface area contributed by atoms with E-state index in [1.165, 1.54) is 41.5 Å². The number of cyclic esters (lactones) is 1. The van der Waals surface area contributed by atoms with Gasteiger partial charge in [0, 0.05) is 17.2 Å². The molecule has 8 heteroatoms. The van der Waals surface area contributed by atoms with Gasteiger partial charge >= 0.3 is 6.09 Å². The Morgan fingerprint density at radius 3 is 2.70 bits per heavy atom. The highest BCUT2D eigenvalue weighted by Crippen LogP contribution is 2.33. The molecule has 1 saturated heterocycles. The van der Waals surface area contributed by atoms with Crippen molar-refractivity contribution < 1.29 is 22.8 Å². The minimum absolute atomic E-state index is 0.0460. The van der Waals surface area contributed by atoms with E-state index < -0.39 is 23.8 Å². The largest absolute Gasteiger partial charge is 0.442 e. The van der Waals surface area contributed by atoms with E-state index in [0.717, 1.165) is 0 Å². The van der Waals surface area contributed by atoms with Gasteiger partial charge in [-0.15, -0.1) is 0 Å². The Kier molecular flexibility index (Phi) is 4.45. The summed E-state index contributed by atoms with van der Waals surface area (Å²) in [4.78, 5) is 13.4. The van der Waals surface area contributed by atoms with Crippen LogP contribution in [0.5, 0.6) is 0 Å². The van der Waals surface area contributed by atoms with Gasteiger partial charge in [0.25, 0.3) is 0 Å². The Balaban J connectivity index is 1.56. The van der Waals surface area contributed by atoms with Crippen LogP contribution in [0.2, 0.25) is 0 Å². The second kappa shape index (κ2) is 7.06. The molecule has 4 rings (SSSR count). The van der Waals surface area contributed by atoms with Gasteiger partial charge in [0.05, 0.1) is 18.8 Å². The fourth-order valence-corrected chi connectivity index (χ4v) is 2.96. The Bertz CT molecular complexity index is 963. The van der Waals surface area contributed by atoms with E-state index in [2.05, 4.69) is 10.5 Å². The minimum atomic E-state index is -0.676. The summed E-state index contributed by atoms with van der Waals surface area (Å²) in [6.07, 6.45) is 0.260. The van der Waals surface area contributed by atoms with Gasteiger partial charge in [0.1, 0.15) is 18.2 Å². The molecular weight excluding hydrogens is 356 g/mol. The Hall–Kier alpha value is -3.42. The monoisotopic (exact) mass is 371 g/mol. The number of nitrogens with zero attached hydrogens (tertiary/aromatic N) is 2. The van der Waals surface area contributed by atoms with Crippen molar-refractivity contribution >= 4 is 17.6 Å². The molecule has 1 aliphatic rings. The van der Waals surface area contributed by atoms with Crippen LogP contribution in [0.15, 0.2) is 59.3 Å². The maximum atomic E-state index is 15.0. The molecule has 1 aliphatic heterocycles. The van der Waals surface area contributed by atoms with Crippen LogP contribution in [0.4, 0.5) is 25.1 Å². The summed E-state index contributed by atoms with van der Waals surface area (Å²) < 4.78 is 39.1. The van der Waals surface area contributed by atoms with Crippen LogP contribution >= 0.6 is 0 Å². The molecule has 0 bridgehead atoms. The zero-order valence-electron chi connectivity index (χ0n) is 14.1. The molecule has 6 nitrogen and oxygen atoms in total. The van der Waals surface area contributed by atoms with E-state index in [1.54, 1.807) is 18.2 Å². The number of carbonyl (C=O) groups excluding carboxylic acids is 1. The second-order valence-corrected chi connectivity index (χ2v) is 6.00. The summed E-state index contributed by atoms with van der Waals surface area (Å²) in [7, 11) is 0. The summed E-state index contributed by atoms with van der Waals surface area (Å²) >= 11 is 0. The molecule has 1 fully saturated rings. The molecule has 1 atom stereocenters. The van der Waals surface area contributed by atoms with Crippen LogP contribution in [0.25, 0.3) is 11.1 Å². The van der Waals surface area contributed by atoms with E-state index in [-0.39, 0.29) is 23.4 Å². The molecule has 1 aromatic heterocycles. The van der Waals surface area contributed by atoms with Gasteiger partial charge in [0.15, 0.2) is 11.6 Å². The zero-order chi connectivity index (χ0) is 18.8. The number of carbonyl (C=O) groups is 1. The number of hydrogen-bond donors (Lipinski definition) is 1. The number of hydrogen-bond acceptors (Lipinski definition) is 5. The van der Waals surface area contributed by atoms with Crippen molar-refractivity contribution in [3.05, 3.63) is 66.4 Å². The molecule has 138 valence electrons. The molecule has 1 N–H and O–H groups in total. The first-order valence-corrected chi connectivity index (χ1v) is 8.29. The first-order valence-electron chi connectivity index (χ1n) is 8.29. The quantitative estimate of drug-likeness (QED) is 0.733. The SMILES string of the molecule is O=C1OC(CNc2ccon2)CN1c1cccc(-c2ccccc2F)c1F. The fraction of sp³-hybridized carbons (Fsp3) is 0.158. The van der Waals surface area contributed by atoms with E-state index in [0.29, 0.717) is 12.4 Å². The first kappa shape index (κ1) is 17.0. The van der Waals surface area contributed by atoms with Crippen LogP contribution in [-0.4, -0.2) is 30.4 Å². The molecule has 0 aliphatic carbocycles. The Morgan fingerprint density at radius 2 is 1.93 bits per heavy atom. The molecule has 0 spiro atoms. The summed E-state index contributed by atoms with van der Waals surface area (Å²) in [6.45, 7) is 0.449. The summed E-state index contributed by atoms with van der Waals surface area (Å²) in [5, 5.41) is 6.67. The van der Waals surface area contributed by atoms with Crippen molar-refractivity contribution in [2.75, 3.05) is 23.3 Å². The molecular formula is C19H15F2N3O3. The molecule has 0 radical (unpaired) electrons. The lowest BCUT2D eigenvalue weighted by Gasteiger charge is -2.16. The number of nitrogens with one attached hydrogen (secondary N) is 1. The Morgan fingerprint density at radius 1 is 1.11 bits per heavy atom. The lowest BCUT2D eigenvalue weighted by atomic mass is 10.0. The molecule has 2 heterocycles. The number of benzene rings is 2. The summed E-state index contributed by atoms with van der Waals surface area (Å²) in [6, 6.07) is 12.1. The maximum Gasteiger partial charge on any atom is 0.414 e. The lowest BCUT2D eigenvalue weighted by Crippen LogP contribution is -2.28. The normalized spacial score (nSPS) is 16.4. The number of rotatable bonds is 5. The van der Waals surface area contributed by atoms with Crippen molar-refractivity contribution in [2.45, 2.75) is 6.10 Å². The second-order valence-electron chi connectivity index (χ2n) is 6.00. The lowest BCUT2D eigenvalue weighted by molar-refractivity contribution is 0.147. The first-order chi connectivity index (χ1) is 13.1. The average molecular weight is 371 g/mol. The molecule has 1 unspecified atom stereocenters. The van der Waals surface area contributed by atoms with Crippen molar-refractivity contribution in [2.24, 2.45) is 0 Å². The van der Waals surface area contributed by atoms with Crippen molar-refractivity contribution in [3.63, 3.8) is 0 Å². The number of amides is 1. The van der Waals surface area contributed by atoms with Crippen LogP contribution in [-0.2, 0) is 4.74 Å². The molecule has 0 saturated carbocycles. The van der Waals surface area contributed by atoms with Crippen LogP contribution < -0.4 is 10.2 Å². The number of anilines is 2. The standard InChI is InChI=1S/C19H15F2N3O3/c20-15-6-2-1-4-13(15)14-5-3-7-16(18(14)21)24-11-12(27-19(24)25)10-22-17-8-9-26-23-17/h1-9,12H,10-11H2,(H,22,23). The van der Waals surface area contributed by atoms with Gasteiger partial charge in [-0.25, -0.2) is 13.6 Å². The highest BCUT2D eigenvalue weighted by atomic mass is 19.1. The van der Waals surface area contributed by atoms with Crippen LogP contribution in [0.3, 0.4) is 0 Å². The predicted octanol–water partition coefficient (Wildman–Crippen LogP) is 4.06. The number of aromatic nitrogens is 1. The summed E-state index contributed by atoms with van der Waals surface area (Å²) in [5.74, 6) is -0.700. The van der Waals surface area contributed by atoms with Crippen molar-refractivity contribution in [1.82, 2.24) is 5.16 Å². The van der Waals surface area contributed by atoms with Crippen LogP contribution in [0, 0.1) is 11.6 Å². The molecule has 1 amide bonds. The van der Waals surface area contributed by atoms with E-state index in [4.69, 9.17) is 9.26 Å². The fourth-order valence-electron chi connectivity index (χ4n) is 2.96. The van der Waals surface area contributed by atoms with E-state index in [1.807, 2.05) is 0 Å². The Labute approximate surface area is 153 Å². The third-order valence-corrected chi connectivity index (χ3v) is 4.26. The van der Waals surface area contributed by atoms with Gasteiger partial charge in [-0.2, -0.15) is 0 Å². The van der Waals surface area contributed by atoms with E-state index in [9.17, 15) is 9.18 Å². The highest BCUT2D eigenvalue weighted by molar-refractivity contribution is 5.91. The van der Waals surface area contributed by atoms with Gasteiger partial charge in [-0.1, -0.05) is 35.5 Å². The third-order valence-electron chi connectivity index (χ3n) is 4.26. The third kappa shape index (κ3) is 3.33. The number of ether oxygens (including phenoxy) is 1. The van der Waals surface area contributed by atoms with Gasteiger partial charge < -0.3 is 14.6 Å². The molecule has 27 heavy (non-hydrogen) atoms. The van der Waals surface area contributed by atoms with Gasteiger partial charge in [0.2, 0.25) is 0 Å². The molecule has 3 aromatic rings. The van der Waals surface area contributed by atoms with Crippen molar-refractivity contribution in [1.29, 1.82) is 0 Å². The van der Waals surface area contributed by atoms with Gasteiger partial charge in [-0.05, 0) is 12.1 Å². The van der Waals surface area contributed by atoms with Crippen LogP contribution in [0.1, 0.15) is 0 Å². The molecule has 2 aromatic carbocycles. The van der Waals surface area contributed by atoms with E-state index >= 15 is 4.39 Å². The van der Waals surface area contributed by atoms with Crippen molar-refractivity contribution in [3.8, 4) is 11.1 Å². The number of halogens is 2. The predicted molar refractivity (Wildman–Crippen MR) is 94.4 cm³/mol. The average Bonchev–Trinajstić information content (AvgIpc) is 3.31. The minimum Gasteiger partial charge on any atom is -0.442 e. The maximum absolute atomic E-state index is 15.0. The zero-order valence-corrected chi connectivity index (χ0v) is 14.1.